The molecular formula is C22H39O10P. The molecule has 1 saturated heterocycles. The molecular weight excluding hydrogens is 455 g/mol. The van der Waals surface area contributed by atoms with Crippen LogP contribution in [-0.4, -0.2) is 57.5 Å². The van der Waals surface area contributed by atoms with Gasteiger partial charge in [-0.2, -0.15) is 0 Å². The first-order valence-corrected chi connectivity index (χ1v) is 13.5. The van der Waals surface area contributed by atoms with E-state index < -0.39 is 50.5 Å². The van der Waals surface area contributed by atoms with E-state index >= 15 is 0 Å². The Morgan fingerprint density at radius 3 is 1.91 bits per heavy atom. The lowest BCUT2D eigenvalue weighted by atomic mass is 10.0. The van der Waals surface area contributed by atoms with Crippen molar-refractivity contribution < 1.29 is 47.8 Å². The minimum absolute atomic E-state index is 0.163. The quantitative estimate of drug-likeness (QED) is 0.105. The highest BCUT2D eigenvalue weighted by molar-refractivity contribution is 7.46. The van der Waals surface area contributed by atoms with Gasteiger partial charge in [0.2, 0.25) is 0 Å². The van der Waals surface area contributed by atoms with Crippen LogP contribution >= 0.6 is 7.82 Å². The number of hydrogen-bond donors (Lipinski definition) is 3. The third-order valence-corrected chi connectivity index (χ3v) is 6.03. The van der Waals surface area contributed by atoms with E-state index in [1.54, 1.807) is 0 Å². The molecule has 0 bridgehead atoms. The molecule has 11 heteroatoms. The highest BCUT2D eigenvalue weighted by Gasteiger charge is 2.51. The van der Waals surface area contributed by atoms with Crippen molar-refractivity contribution in [2.24, 2.45) is 0 Å². The normalized spacial score (nSPS) is 19.5. The number of phosphoric ester groups is 1. The SMILES string of the molecule is CCCCCCCCCCCCCCCC(=O)OC[C@H](O)[C@H]1OC(=O)C(=O)C1OP(=O)(O)O. The van der Waals surface area contributed by atoms with Crippen LogP contribution in [0.2, 0.25) is 0 Å². The maximum atomic E-state index is 11.8. The number of phosphoric acid groups is 1. The molecule has 3 N–H and O–H groups in total. The summed E-state index contributed by atoms with van der Waals surface area (Å²) in [5, 5.41) is 10.0. The molecule has 0 aliphatic carbocycles. The Bertz CT molecular complexity index is 647. The fourth-order valence-corrected chi connectivity index (χ4v) is 4.19. The van der Waals surface area contributed by atoms with Gasteiger partial charge in [0.05, 0.1) is 0 Å². The molecule has 192 valence electrons. The van der Waals surface area contributed by atoms with Crippen molar-refractivity contribution in [3.63, 3.8) is 0 Å². The van der Waals surface area contributed by atoms with Crippen LogP contribution in [-0.2, 0) is 32.9 Å². The predicted molar refractivity (Wildman–Crippen MR) is 119 cm³/mol. The molecule has 0 aromatic heterocycles. The number of carbonyl (C=O) groups excluding carboxylic acids is 3. The van der Waals surface area contributed by atoms with Crippen LogP contribution in [0.1, 0.15) is 96.8 Å². The number of carbonyl (C=O) groups is 3. The summed E-state index contributed by atoms with van der Waals surface area (Å²) in [5.41, 5.74) is 0. The average molecular weight is 495 g/mol. The van der Waals surface area contributed by atoms with Gasteiger partial charge in [-0.05, 0) is 6.42 Å². The summed E-state index contributed by atoms with van der Waals surface area (Å²) < 4.78 is 24.8. The zero-order chi connectivity index (χ0) is 24.7. The molecule has 0 saturated carbocycles. The molecule has 33 heavy (non-hydrogen) atoms. The highest BCUT2D eigenvalue weighted by atomic mass is 31.2. The lowest BCUT2D eigenvalue weighted by Crippen LogP contribution is -2.41. The predicted octanol–water partition coefficient (Wildman–Crippen LogP) is 3.34. The molecule has 1 unspecified atom stereocenters. The molecule has 1 aliphatic rings. The van der Waals surface area contributed by atoms with Crippen LogP contribution in [0.3, 0.4) is 0 Å². The Balaban J connectivity index is 2.09. The molecule has 3 atom stereocenters. The first-order chi connectivity index (χ1) is 15.7. The van der Waals surface area contributed by atoms with Crippen molar-refractivity contribution in [3.05, 3.63) is 0 Å². The number of esters is 2. The number of Topliss-reactive ketones (excluding diaryl/α,β-unsaturated/α-hetero) is 1. The van der Waals surface area contributed by atoms with Crippen LogP contribution in [0.15, 0.2) is 0 Å². The molecule has 1 fully saturated rings. The Kier molecular flexibility index (Phi) is 14.7. The van der Waals surface area contributed by atoms with Crippen molar-refractivity contribution in [1.29, 1.82) is 0 Å². The van der Waals surface area contributed by atoms with Gasteiger partial charge in [-0.15, -0.1) is 0 Å². The zero-order valence-electron chi connectivity index (χ0n) is 19.5. The fourth-order valence-electron chi connectivity index (χ4n) is 3.68. The molecule has 1 rings (SSSR count). The van der Waals surface area contributed by atoms with E-state index in [2.05, 4.69) is 16.2 Å². The van der Waals surface area contributed by atoms with Crippen LogP contribution in [0.25, 0.3) is 0 Å². The Labute approximate surface area is 195 Å². The van der Waals surface area contributed by atoms with Gasteiger partial charge >= 0.3 is 19.8 Å². The summed E-state index contributed by atoms with van der Waals surface area (Å²) in [6.45, 7) is 1.63. The monoisotopic (exact) mass is 494 g/mol. The number of aliphatic hydroxyl groups is 1. The lowest BCUT2D eigenvalue weighted by molar-refractivity contribution is -0.156. The summed E-state index contributed by atoms with van der Waals surface area (Å²) in [6.07, 6.45) is 10.2. The topological polar surface area (TPSA) is 157 Å². The van der Waals surface area contributed by atoms with E-state index in [-0.39, 0.29) is 6.42 Å². The summed E-state index contributed by atoms with van der Waals surface area (Å²) in [6, 6.07) is 0. The van der Waals surface area contributed by atoms with Crippen molar-refractivity contribution in [2.75, 3.05) is 6.61 Å². The molecule has 1 aliphatic heterocycles. The van der Waals surface area contributed by atoms with E-state index in [1.165, 1.54) is 57.8 Å². The van der Waals surface area contributed by atoms with Gasteiger partial charge in [0.25, 0.3) is 5.78 Å². The minimum atomic E-state index is -5.10. The molecule has 0 aromatic rings. The third-order valence-electron chi connectivity index (χ3n) is 5.53. The number of cyclic esters (lactones) is 1. The maximum absolute atomic E-state index is 11.8. The lowest BCUT2D eigenvalue weighted by Gasteiger charge is -2.21. The minimum Gasteiger partial charge on any atom is -0.463 e. The summed E-state index contributed by atoms with van der Waals surface area (Å²) in [7, 11) is -5.10. The third kappa shape index (κ3) is 13.2. The van der Waals surface area contributed by atoms with E-state index in [1.807, 2.05) is 0 Å². The van der Waals surface area contributed by atoms with Crippen molar-refractivity contribution in [2.45, 2.75) is 115 Å². The first kappa shape index (κ1) is 29.7. The molecule has 0 amide bonds. The van der Waals surface area contributed by atoms with Crippen molar-refractivity contribution in [1.82, 2.24) is 0 Å². The zero-order valence-corrected chi connectivity index (χ0v) is 20.4. The van der Waals surface area contributed by atoms with Crippen LogP contribution in [0.4, 0.5) is 0 Å². The second-order valence-corrected chi connectivity index (χ2v) is 9.69. The summed E-state index contributed by atoms with van der Waals surface area (Å²) in [5.74, 6) is -3.25. The number of ether oxygens (including phenoxy) is 2. The first-order valence-electron chi connectivity index (χ1n) is 12.0. The molecule has 0 radical (unpaired) electrons. The highest BCUT2D eigenvalue weighted by Crippen LogP contribution is 2.40. The Morgan fingerprint density at radius 1 is 0.939 bits per heavy atom. The molecule has 0 aromatic carbocycles. The van der Waals surface area contributed by atoms with Crippen LogP contribution in [0.5, 0.6) is 0 Å². The van der Waals surface area contributed by atoms with Crippen LogP contribution in [0, 0.1) is 0 Å². The molecule has 10 nitrogen and oxygen atoms in total. The number of unbranched alkanes of at least 4 members (excludes halogenated alkanes) is 12. The fraction of sp³-hybridized carbons (Fsp3) is 0.864. The smallest absolute Gasteiger partial charge is 0.463 e. The van der Waals surface area contributed by atoms with Crippen molar-refractivity contribution >= 4 is 25.5 Å². The van der Waals surface area contributed by atoms with Gasteiger partial charge in [-0.1, -0.05) is 84.0 Å². The Morgan fingerprint density at radius 2 is 1.42 bits per heavy atom. The molecule has 1 heterocycles. The number of ketones is 1. The Hall–Kier alpha value is -1.32. The van der Waals surface area contributed by atoms with Crippen molar-refractivity contribution in [3.8, 4) is 0 Å². The standard InChI is InChI=1S/C22H39O10P/c1-2-3-4-5-6-7-8-9-10-11-12-13-14-15-18(24)30-16-17(23)20-21(32-33(27,28)29)19(25)22(26)31-20/h17,20-21,23H,2-16H2,1H3,(H2,27,28,29)/t17-,20+,21?/m0/s1. The summed E-state index contributed by atoms with van der Waals surface area (Å²) in [4.78, 5) is 52.5. The van der Waals surface area contributed by atoms with Gasteiger partial charge in [0.1, 0.15) is 12.7 Å². The maximum Gasteiger partial charge on any atom is 0.470 e. The molecule has 0 spiro atoms. The van der Waals surface area contributed by atoms with Gasteiger partial charge in [-0.25, -0.2) is 9.36 Å². The van der Waals surface area contributed by atoms with Gasteiger partial charge in [0, 0.05) is 6.42 Å². The second-order valence-electron chi connectivity index (χ2n) is 8.49. The average Bonchev–Trinajstić information content (AvgIpc) is 3.02. The van der Waals surface area contributed by atoms with E-state index in [9.17, 15) is 24.1 Å². The van der Waals surface area contributed by atoms with Crippen LogP contribution < -0.4 is 0 Å². The van der Waals surface area contributed by atoms with Gasteiger partial charge < -0.3 is 24.4 Å². The van der Waals surface area contributed by atoms with E-state index in [4.69, 9.17) is 14.5 Å². The largest absolute Gasteiger partial charge is 0.470 e. The number of hydrogen-bond acceptors (Lipinski definition) is 8. The number of rotatable bonds is 19. The van der Waals surface area contributed by atoms with Gasteiger partial charge in [0.15, 0.2) is 12.2 Å². The number of aliphatic hydroxyl groups excluding tert-OH is 1. The summed E-state index contributed by atoms with van der Waals surface area (Å²) >= 11 is 0. The van der Waals surface area contributed by atoms with E-state index in [0.717, 1.165) is 19.3 Å². The van der Waals surface area contributed by atoms with Gasteiger partial charge in [-0.3, -0.25) is 14.1 Å². The van der Waals surface area contributed by atoms with E-state index in [0.29, 0.717) is 6.42 Å². The second kappa shape index (κ2) is 16.3.